The Kier molecular flexibility index (Phi) is 5.96. The van der Waals surface area contributed by atoms with Crippen molar-refractivity contribution in [3.05, 3.63) is 39.4 Å². The molecule has 0 bridgehead atoms. The minimum absolute atomic E-state index is 0.0392. The number of rotatable bonds is 7. The molecule has 0 aromatic heterocycles. The zero-order chi connectivity index (χ0) is 16.9. The van der Waals surface area contributed by atoms with Crippen LogP contribution in [0.15, 0.2) is 18.2 Å². The maximum absolute atomic E-state index is 11.1. The van der Waals surface area contributed by atoms with Gasteiger partial charge in [-0.1, -0.05) is 0 Å². The van der Waals surface area contributed by atoms with Crippen LogP contribution >= 0.6 is 0 Å². The number of aromatic carboxylic acids is 1. The number of carbonyl (C=O) groups is 2. The number of nitrogens with one attached hydrogen (secondary N) is 1. The van der Waals surface area contributed by atoms with Crippen LogP contribution in [0.3, 0.4) is 0 Å². The number of aliphatic hydroxyl groups is 2. The number of benzene rings is 1. The molecule has 0 spiro atoms. The zero-order valence-corrected chi connectivity index (χ0v) is 11.7. The molecule has 0 saturated heterocycles. The highest BCUT2D eigenvalue weighted by atomic mass is 16.6. The van der Waals surface area contributed by atoms with Crippen LogP contribution in [0.5, 0.6) is 0 Å². The lowest BCUT2D eigenvalue weighted by atomic mass is 9.96. The smallest absolute Gasteiger partial charge is 0.336 e. The molecule has 2 atom stereocenters. The quantitative estimate of drug-likeness (QED) is 0.415. The Morgan fingerprint density at radius 1 is 1.36 bits per heavy atom. The van der Waals surface area contributed by atoms with Crippen LogP contribution in [0.2, 0.25) is 0 Å². The molecule has 22 heavy (non-hydrogen) atoms. The lowest BCUT2D eigenvalue weighted by Gasteiger charge is -2.19. The van der Waals surface area contributed by atoms with Crippen molar-refractivity contribution in [1.82, 2.24) is 5.32 Å². The van der Waals surface area contributed by atoms with E-state index in [1.54, 1.807) is 0 Å². The lowest BCUT2D eigenvalue weighted by Crippen LogP contribution is -2.28. The second-order valence-corrected chi connectivity index (χ2v) is 4.62. The number of hydrogen-bond donors (Lipinski definition) is 4. The molecule has 0 aliphatic heterocycles. The molecule has 0 heterocycles. The highest BCUT2D eigenvalue weighted by Gasteiger charge is 2.25. The van der Waals surface area contributed by atoms with E-state index in [1.165, 1.54) is 6.92 Å². The topological polar surface area (TPSA) is 150 Å². The van der Waals surface area contributed by atoms with Gasteiger partial charge in [-0.2, -0.15) is 0 Å². The average Bonchev–Trinajstić information content (AvgIpc) is 2.45. The molecule has 0 aliphatic carbocycles. The second-order valence-electron chi connectivity index (χ2n) is 4.62. The summed E-state index contributed by atoms with van der Waals surface area (Å²) in [5, 5.41) is 42.1. The van der Waals surface area contributed by atoms with E-state index in [4.69, 9.17) is 5.11 Å². The molecule has 120 valence electrons. The number of nitro groups is 1. The summed E-state index contributed by atoms with van der Waals surface area (Å²) in [6, 6.07) is 2.92. The summed E-state index contributed by atoms with van der Waals surface area (Å²) in [5.41, 5.74) is -0.984. The van der Waals surface area contributed by atoms with Crippen LogP contribution in [0.25, 0.3) is 0 Å². The Morgan fingerprint density at radius 2 is 2.00 bits per heavy atom. The number of hydrogen-bond acceptors (Lipinski definition) is 6. The molecule has 2 unspecified atom stereocenters. The molecule has 0 saturated carbocycles. The molecule has 0 fully saturated rings. The number of carbonyl (C=O) groups excluding carboxylic acids is 1. The summed E-state index contributed by atoms with van der Waals surface area (Å²) in [7, 11) is 0. The first kappa shape index (κ1) is 17.5. The number of non-ortho nitro benzene ring substituents is 1. The first-order chi connectivity index (χ1) is 10.2. The van der Waals surface area contributed by atoms with Crippen molar-refractivity contribution in [1.29, 1.82) is 0 Å². The van der Waals surface area contributed by atoms with Gasteiger partial charge in [-0.3, -0.25) is 14.9 Å². The van der Waals surface area contributed by atoms with Gasteiger partial charge in [0.15, 0.2) is 0 Å². The van der Waals surface area contributed by atoms with Crippen molar-refractivity contribution in [2.24, 2.45) is 0 Å². The molecule has 1 aromatic carbocycles. The van der Waals surface area contributed by atoms with Gasteiger partial charge < -0.3 is 20.6 Å². The second kappa shape index (κ2) is 7.48. The third-order valence-electron chi connectivity index (χ3n) is 2.97. The van der Waals surface area contributed by atoms with Crippen molar-refractivity contribution in [3.8, 4) is 0 Å². The van der Waals surface area contributed by atoms with E-state index >= 15 is 0 Å². The van der Waals surface area contributed by atoms with Crippen molar-refractivity contribution in [2.75, 3.05) is 6.54 Å². The maximum atomic E-state index is 11.1. The number of nitrogens with zero attached hydrogens (tertiary/aromatic N) is 1. The predicted octanol–water partition coefficient (Wildman–Crippen LogP) is 0.213. The minimum Gasteiger partial charge on any atom is -0.478 e. The normalized spacial score (nSPS) is 13.2. The predicted molar refractivity (Wildman–Crippen MR) is 74.3 cm³/mol. The van der Waals surface area contributed by atoms with Crippen molar-refractivity contribution in [2.45, 2.75) is 25.6 Å². The SMILES string of the molecule is CC(=O)NCCC(O)C(O)c1cc([N+](=O)[O-])ccc1C(=O)O. The van der Waals surface area contributed by atoms with Gasteiger partial charge in [-0.15, -0.1) is 0 Å². The number of carboxylic acid groups (broad SMARTS) is 1. The van der Waals surface area contributed by atoms with Crippen LogP contribution in [0.4, 0.5) is 5.69 Å². The van der Waals surface area contributed by atoms with E-state index in [-0.39, 0.29) is 30.0 Å². The van der Waals surface area contributed by atoms with Crippen LogP contribution in [0, 0.1) is 10.1 Å². The van der Waals surface area contributed by atoms with Crippen molar-refractivity contribution >= 4 is 17.6 Å². The van der Waals surface area contributed by atoms with E-state index in [1.807, 2.05) is 0 Å². The number of amides is 1. The van der Waals surface area contributed by atoms with E-state index in [0.29, 0.717) is 0 Å². The maximum Gasteiger partial charge on any atom is 0.336 e. The number of carboxylic acids is 1. The number of aliphatic hydroxyl groups excluding tert-OH is 2. The summed E-state index contributed by atoms with van der Waals surface area (Å²) < 4.78 is 0. The van der Waals surface area contributed by atoms with Gasteiger partial charge in [0.05, 0.1) is 16.6 Å². The molecule has 4 N–H and O–H groups in total. The molecular weight excluding hydrogens is 296 g/mol. The zero-order valence-electron chi connectivity index (χ0n) is 11.7. The van der Waals surface area contributed by atoms with Gasteiger partial charge in [0.1, 0.15) is 6.10 Å². The molecule has 1 aromatic rings. The van der Waals surface area contributed by atoms with Gasteiger partial charge in [-0.25, -0.2) is 4.79 Å². The third kappa shape index (κ3) is 4.50. The fourth-order valence-corrected chi connectivity index (χ4v) is 1.86. The fourth-order valence-electron chi connectivity index (χ4n) is 1.86. The van der Waals surface area contributed by atoms with Crippen LogP contribution in [-0.4, -0.2) is 44.8 Å². The van der Waals surface area contributed by atoms with E-state index in [9.17, 15) is 29.9 Å². The molecule has 0 aliphatic rings. The monoisotopic (exact) mass is 312 g/mol. The first-order valence-electron chi connectivity index (χ1n) is 6.36. The highest BCUT2D eigenvalue weighted by Crippen LogP contribution is 2.27. The largest absolute Gasteiger partial charge is 0.478 e. The molecule has 9 nitrogen and oxygen atoms in total. The van der Waals surface area contributed by atoms with Gasteiger partial charge >= 0.3 is 5.97 Å². The summed E-state index contributed by atoms with van der Waals surface area (Å²) in [6.45, 7) is 1.36. The lowest BCUT2D eigenvalue weighted by molar-refractivity contribution is -0.385. The number of nitro benzene ring substituents is 1. The molecule has 1 amide bonds. The Morgan fingerprint density at radius 3 is 2.50 bits per heavy atom. The average molecular weight is 312 g/mol. The van der Waals surface area contributed by atoms with Crippen LogP contribution in [-0.2, 0) is 4.79 Å². The minimum atomic E-state index is -1.63. The van der Waals surface area contributed by atoms with E-state index in [0.717, 1.165) is 18.2 Å². The van der Waals surface area contributed by atoms with Crippen molar-refractivity contribution in [3.63, 3.8) is 0 Å². The Balaban J connectivity index is 3.00. The van der Waals surface area contributed by atoms with Gasteiger partial charge in [0.2, 0.25) is 5.91 Å². The Bertz CT molecular complexity index is 588. The molecule has 0 radical (unpaired) electrons. The highest BCUT2D eigenvalue weighted by molar-refractivity contribution is 5.90. The van der Waals surface area contributed by atoms with Gasteiger partial charge in [-0.05, 0) is 12.5 Å². The summed E-state index contributed by atoms with van der Waals surface area (Å²) in [5.74, 6) is -1.69. The fraction of sp³-hybridized carbons (Fsp3) is 0.385. The molecule has 9 heteroatoms. The summed E-state index contributed by atoms with van der Waals surface area (Å²) in [4.78, 5) is 31.8. The van der Waals surface area contributed by atoms with Crippen LogP contribution in [0.1, 0.15) is 35.4 Å². The van der Waals surface area contributed by atoms with Gasteiger partial charge in [0.25, 0.3) is 5.69 Å². The molecular formula is C13H16N2O7. The molecule has 1 rings (SSSR count). The van der Waals surface area contributed by atoms with Gasteiger partial charge in [0, 0.05) is 31.2 Å². The summed E-state index contributed by atoms with van der Waals surface area (Å²) >= 11 is 0. The van der Waals surface area contributed by atoms with E-state index in [2.05, 4.69) is 5.32 Å². The summed E-state index contributed by atoms with van der Waals surface area (Å²) in [6.07, 6.45) is -3.05. The Hall–Kier alpha value is -2.52. The first-order valence-corrected chi connectivity index (χ1v) is 6.36. The third-order valence-corrected chi connectivity index (χ3v) is 2.97. The van der Waals surface area contributed by atoms with Crippen molar-refractivity contribution < 1.29 is 29.8 Å². The standard InChI is InChI=1S/C13H16N2O7/c1-7(16)14-5-4-11(17)12(18)10-6-8(15(21)22)2-3-9(10)13(19)20/h2-3,6,11-12,17-18H,4-5H2,1H3,(H,14,16)(H,19,20). The van der Waals surface area contributed by atoms with E-state index < -0.39 is 28.8 Å². The van der Waals surface area contributed by atoms with Crippen LogP contribution < -0.4 is 5.32 Å². The Labute approximate surface area is 125 Å².